The van der Waals surface area contributed by atoms with Crippen molar-refractivity contribution in [1.29, 1.82) is 0 Å². The van der Waals surface area contributed by atoms with Crippen LogP contribution in [0.25, 0.3) is 12.2 Å². The van der Waals surface area contributed by atoms with Crippen LogP contribution in [0.3, 0.4) is 0 Å². The van der Waals surface area contributed by atoms with Gasteiger partial charge in [-0.15, -0.1) is 0 Å². The number of halogens is 1. The molecule has 0 nitrogen and oxygen atoms in total. The van der Waals surface area contributed by atoms with Gasteiger partial charge in [-0.1, -0.05) is 48.0 Å². The van der Waals surface area contributed by atoms with Gasteiger partial charge in [-0.25, -0.2) is 0 Å². The van der Waals surface area contributed by atoms with Crippen LogP contribution in [0.1, 0.15) is 27.8 Å². The van der Waals surface area contributed by atoms with Crippen molar-refractivity contribution in [3.8, 4) is 0 Å². The summed E-state index contributed by atoms with van der Waals surface area (Å²) in [6, 6.07) is 13.1. The number of hydrogen-bond acceptors (Lipinski definition) is 0. The van der Waals surface area contributed by atoms with E-state index in [2.05, 4.69) is 91.9 Å². The van der Waals surface area contributed by atoms with Crippen LogP contribution in [0, 0.1) is 24.3 Å². The predicted molar refractivity (Wildman–Crippen MR) is 88.7 cm³/mol. The molecule has 0 spiro atoms. The Morgan fingerprint density at radius 2 is 1.50 bits per heavy atom. The van der Waals surface area contributed by atoms with Gasteiger partial charge in [-0.05, 0) is 71.7 Å². The molecular formula is C17H17I. The van der Waals surface area contributed by atoms with Crippen molar-refractivity contribution in [1.82, 2.24) is 0 Å². The molecule has 2 rings (SSSR count). The van der Waals surface area contributed by atoms with Gasteiger partial charge in [-0.2, -0.15) is 0 Å². The number of aryl methyl sites for hydroxylation is 3. The SMILES string of the molecule is Cc1ccc(/C=C/c2c(C)cc(C)cc2I)cc1. The van der Waals surface area contributed by atoms with Crippen molar-refractivity contribution in [2.45, 2.75) is 20.8 Å². The molecule has 0 bridgehead atoms. The first-order valence-corrected chi connectivity index (χ1v) is 7.15. The summed E-state index contributed by atoms with van der Waals surface area (Å²) in [5, 5.41) is 0. The highest BCUT2D eigenvalue weighted by molar-refractivity contribution is 14.1. The van der Waals surface area contributed by atoms with Crippen molar-refractivity contribution in [2.24, 2.45) is 0 Å². The lowest BCUT2D eigenvalue weighted by Gasteiger charge is -2.05. The van der Waals surface area contributed by atoms with Crippen LogP contribution in [0.5, 0.6) is 0 Å². The van der Waals surface area contributed by atoms with Gasteiger partial charge in [0.1, 0.15) is 0 Å². The second-order valence-corrected chi connectivity index (χ2v) is 5.88. The van der Waals surface area contributed by atoms with Crippen molar-refractivity contribution >= 4 is 34.7 Å². The molecule has 1 heteroatoms. The minimum absolute atomic E-state index is 1.25. The van der Waals surface area contributed by atoms with E-state index in [1.165, 1.54) is 31.4 Å². The van der Waals surface area contributed by atoms with Crippen LogP contribution in [0.2, 0.25) is 0 Å². The second kappa shape index (κ2) is 5.70. The largest absolute Gasteiger partial charge is 0.0587 e. The first kappa shape index (κ1) is 13.3. The van der Waals surface area contributed by atoms with Gasteiger partial charge < -0.3 is 0 Å². The Bertz CT molecular complexity index is 554. The fourth-order valence-electron chi connectivity index (χ4n) is 2.00. The van der Waals surface area contributed by atoms with E-state index in [1.807, 2.05) is 0 Å². The molecule has 18 heavy (non-hydrogen) atoms. The van der Waals surface area contributed by atoms with Gasteiger partial charge in [0.05, 0.1) is 0 Å². The molecule has 0 aliphatic rings. The van der Waals surface area contributed by atoms with E-state index in [-0.39, 0.29) is 0 Å². The van der Waals surface area contributed by atoms with E-state index >= 15 is 0 Å². The lowest BCUT2D eigenvalue weighted by atomic mass is 10.0. The topological polar surface area (TPSA) is 0 Å². The van der Waals surface area contributed by atoms with Crippen LogP contribution < -0.4 is 0 Å². The van der Waals surface area contributed by atoms with E-state index in [0.717, 1.165) is 0 Å². The van der Waals surface area contributed by atoms with Crippen LogP contribution in [-0.2, 0) is 0 Å². The van der Waals surface area contributed by atoms with Crippen molar-refractivity contribution in [2.75, 3.05) is 0 Å². The maximum atomic E-state index is 2.41. The Morgan fingerprint density at radius 1 is 0.833 bits per heavy atom. The van der Waals surface area contributed by atoms with E-state index in [4.69, 9.17) is 0 Å². The highest BCUT2D eigenvalue weighted by atomic mass is 127. The van der Waals surface area contributed by atoms with Gasteiger partial charge in [0, 0.05) is 3.57 Å². The molecule has 0 aromatic heterocycles. The number of rotatable bonds is 2. The molecule has 0 saturated carbocycles. The number of hydrogen-bond donors (Lipinski definition) is 0. The van der Waals surface area contributed by atoms with Gasteiger partial charge in [0.15, 0.2) is 0 Å². The quantitative estimate of drug-likeness (QED) is 0.504. The highest BCUT2D eigenvalue weighted by Crippen LogP contribution is 2.21. The van der Waals surface area contributed by atoms with Gasteiger partial charge in [-0.3, -0.25) is 0 Å². The van der Waals surface area contributed by atoms with E-state index < -0.39 is 0 Å². The van der Waals surface area contributed by atoms with Crippen LogP contribution in [-0.4, -0.2) is 0 Å². The Labute approximate surface area is 123 Å². The molecule has 0 saturated heterocycles. The third-order valence-electron chi connectivity index (χ3n) is 3.00. The summed E-state index contributed by atoms with van der Waals surface area (Å²) in [6.07, 6.45) is 4.39. The lowest BCUT2D eigenvalue weighted by molar-refractivity contribution is 1.35. The summed E-state index contributed by atoms with van der Waals surface area (Å²) in [7, 11) is 0. The van der Waals surface area contributed by atoms with E-state index in [0.29, 0.717) is 0 Å². The molecule has 0 N–H and O–H groups in total. The van der Waals surface area contributed by atoms with Crippen molar-refractivity contribution in [3.05, 3.63) is 67.8 Å². The third-order valence-corrected chi connectivity index (χ3v) is 3.89. The minimum Gasteiger partial charge on any atom is -0.0587 e. The Balaban J connectivity index is 2.31. The monoisotopic (exact) mass is 348 g/mol. The van der Waals surface area contributed by atoms with Gasteiger partial charge in [0.2, 0.25) is 0 Å². The highest BCUT2D eigenvalue weighted by Gasteiger charge is 2.01. The zero-order valence-corrected chi connectivity index (χ0v) is 13.2. The van der Waals surface area contributed by atoms with Crippen molar-refractivity contribution < 1.29 is 0 Å². The molecule has 0 atom stereocenters. The molecular weight excluding hydrogens is 331 g/mol. The van der Waals surface area contributed by atoms with Crippen LogP contribution in [0.15, 0.2) is 36.4 Å². The fraction of sp³-hybridized carbons (Fsp3) is 0.176. The Hall–Kier alpha value is -1.09. The summed E-state index contributed by atoms with van der Waals surface area (Å²) >= 11 is 2.41. The molecule has 92 valence electrons. The van der Waals surface area contributed by atoms with Crippen molar-refractivity contribution in [3.63, 3.8) is 0 Å². The van der Waals surface area contributed by atoms with E-state index in [1.54, 1.807) is 0 Å². The van der Waals surface area contributed by atoms with Gasteiger partial charge in [0.25, 0.3) is 0 Å². The van der Waals surface area contributed by atoms with Crippen LogP contribution in [0.4, 0.5) is 0 Å². The zero-order chi connectivity index (χ0) is 13.1. The average molecular weight is 348 g/mol. The third kappa shape index (κ3) is 3.22. The number of benzene rings is 2. The van der Waals surface area contributed by atoms with Crippen LogP contribution >= 0.6 is 22.6 Å². The summed E-state index contributed by atoms with van der Waals surface area (Å²) in [6.45, 7) is 6.42. The maximum Gasteiger partial charge on any atom is 0.0208 e. The standard InChI is InChI=1S/C17H17I/c1-12-4-6-15(7-5-12)8-9-16-14(3)10-13(2)11-17(16)18/h4-11H,1-3H3/b9-8+. The molecule has 2 aromatic rings. The first-order valence-electron chi connectivity index (χ1n) is 6.08. The van der Waals surface area contributed by atoms with Gasteiger partial charge >= 0.3 is 0 Å². The molecule has 0 unspecified atom stereocenters. The molecule has 0 fully saturated rings. The molecule has 0 heterocycles. The normalized spacial score (nSPS) is 11.1. The summed E-state index contributed by atoms with van der Waals surface area (Å²) in [4.78, 5) is 0. The average Bonchev–Trinajstić information content (AvgIpc) is 2.30. The molecule has 0 aliphatic carbocycles. The summed E-state index contributed by atoms with van der Waals surface area (Å²) in [5.74, 6) is 0. The Morgan fingerprint density at radius 3 is 2.11 bits per heavy atom. The smallest absolute Gasteiger partial charge is 0.0208 e. The first-order chi connectivity index (χ1) is 8.56. The molecule has 0 aliphatic heterocycles. The maximum absolute atomic E-state index is 2.41. The van der Waals surface area contributed by atoms with E-state index in [9.17, 15) is 0 Å². The molecule has 2 aromatic carbocycles. The molecule has 0 amide bonds. The summed E-state index contributed by atoms with van der Waals surface area (Å²) in [5.41, 5.74) is 6.53. The Kier molecular flexibility index (Phi) is 4.23. The second-order valence-electron chi connectivity index (χ2n) is 4.72. The summed E-state index contributed by atoms with van der Waals surface area (Å²) < 4.78 is 1.31. The minimum atomic E-state index is 1.25. The molecule has 0 radical (unpaired) electrons. The fourth-order valence-corrected chi connectivity index (χ4v) is 3.09. The zero-order valence-electron chi connectivity index (χ0n) is 11.0. The lowest BCUT2D eigenvalue weighted by Crippen LogP contribution is -1.88. The predicted octanol–water partition coefficient (Wildman–Crippen LogP) is 5.39.